The Kier molecular flexibility index (Phi) is 6.08. The first kappa shape index (κ1) is 19.3. The van der Waals surface area contributed by atoms with Gasteiger partial charge in [-0.2, -0.15) is 0 Å². The van der Waals surface area contributed by atoms with Crippen LogP contribution in [0.1, 0.15) is 28.4 Å². The van der Waals surface area contributed by atoms with Crippen molar-refractivity contribution in [1.82, 2.24) is 10.3 Å². The van der Waals surface area contributed by atoms with E-state index in [9.17, 15) is 9.59 Å². The summed E-state index contributed by atoms with van der Waals surface area (Å²) in [7, 11) is 1.32. The first-order valence-electron chi connectivity index (χ1n) is 8.16. The summed E-state index contributed by atoms with van der Waals surface area (Å²) in [5.41, 5.74) is 1.99. The van der Waals surface area contributed by atoms with Gasteiger partial charge in [-0.25, -0.2) is 4.98 Å². The molecule has 1 atom stereocenters. The fourth-order valence-corrected chi connectivity index (χ4v) is 3.10. The SMILES string of the molecule is COC(=O)CC(NC(=O)c1ccc2nc(Cl)ccc2c1)c1ccc(Br)cc1. The summed E-state index contributed by atoms with van der Waals surface area (Å²) >= 11 is 9.27. The Bertz CT molecular complexity index is 992. The largest absolute Gasteiger partial charge is 0.469 e. The summed E-state index contributed by atoms with van der Waals surface area (Å²) in [4.78, 5) is 28.8. The molecule has 7 heteroatoms. The maximum atomic E-state index is 12.8. The third-order valence-corrected chi connectivity index (χ3v) is 4.83. The van der Waals surface area contributed by atoms with Gasteiger partial charge in [0, 0.05) is 15.4 Å². The highest BCUT2D eigenvalue weighted by Crippen LogP contribution is 2.22. The van der Waals surface area contributed by atoms with Gasteiger partial charge in [-0.15, -0.1) is 0 Å². The molecule has 1 unspecified atom stereocenters. The van der Waals surface area contributed by atoms with Gasteiger partial charge in [0.15, 0.2) is 0 Å². The molecular formula is C20H16BrClN2O3. The maximum absolute atomic E-state index is 12.8. The maximum Gasteiger partial charge on any atom is 0.307 e. The summed E-state index contributed by atoms with van der Waals surface area (Å²) in [6.45, 7) is 0. The third kappa shape index (κ3) is 4.84. The number of fused-ring (bicyclic) bond motifs is 1. The van der Waals surface area contributed by atoms with Crippen molar-refractivity contribution in [3.05, 3.63) is 75.4 Å². The Balaban J connectivity index is 1.85. The number of aromatic nitrogens is 1. The molecule has 0 radical (unpaired) electrons. The van der Waals surface area contributed by atoms with Crippen molar-refractivity contribution in [1.29, 1.82) is 0 Å². The number of nitrogens with one attached hydrogen (secondary N) is 1. The van der Waals surface area contributed by atoms with Crippen LogP contribution in [0.5, 0.6) is 0 Å². The molecule has 5 nitrogen and oxygen atoms in total. The normalized spacial score (nSPS) is 11.8. The van der Waals surface area contributed by atoms with E-state index < -0.39 is 12.0 Å². The third-order valence-electron chi connectivity index (χ3n) is 4.09. The molecule has 1 amide bonds. The van der Waals surface area contributed by atoms with E-state index in [-0.39, 0.29) is 12.3 Å². The lowest BCUT2D eigenvalue weighted by Crippen LogP contribution is -2.30. The van der Waals surface area contributed by atoms with E-state index in [1.807, 2.05) is 30.3 Å². The average molecular weight is 448 g/mol. The molecule has 3 aromatic rings. The number of nitrogens with zero attached hydrogens (tertiary/aromatic N) is 1. The van der Waals surface area contributed by atoms with Crippen LogP contribution in [0.25, 0.3) is 10.9 Å². The molecule has 1 aromatic heterocycles. The molecule has 3 rings (SSSR count). The standard InChI is InChI=1S/C20H16BrClN2O3/c1-27-19(25)11-17(12-2-6-15(21)7-3-12)24-20(26)14-4-8-16-13(10-14)5-9-18(22)23-16/h2-10,17H,11H2,1H3,(H,24,26). The number of halogens is 2. The second-order valence-electron chi connectivity index (χ2n) is 5.90. The van der Waals surface area contributed by atoms with E-state index in [1.54, 1.807) is 24.3 Å². The van der Waals surface area contributed by atoms with Crippen molar-refractivity contribution in [2.24, 2.45) is 0 Å². The number of carbonyl (C=O) groups is 2. The van der Waals surface area contributed by atoms with Gasteiger partial charge >= 0.3 is 5.97 Å². The van der Waals surface area contributed by atoms with Crippen LogP contribution in [-0.4, -0.2) is 24.0 Å². The summed E-state index contributed by atoms with van der Waals surface area (Å²) in [5.74, 6) is -0.691. The van der Waals surface area contributed by atoms with Crippen LogP contribution in [0.4, 0.5) is 0 Å². The van der Waals surface area contributed by atoms with Crippen LogP contribution in [0.3, 0.4) is 0 Å². The highest BCUT2D eigenvalue weighted by atomic mass is 79.9. The molecule has 0 aliphatic rings. The van der Waals surface area contributed by atoms with Crippen LogP contribution >= 0.6 is 27.5 Å². The summed E-state index contributed by atoms with van der Waals surface area (Å²) in [5, 5.41) is 4.11. The lowest BCUT2D eigenvalue weighted by atomic mass is 10.0. The lowest BCUT2D eigenvalue weighted by molar-refractivity contribution is -0.141. The van der Waals surface area contributed by atoms with Crippen molar-refractivity contribution in [3.8, 4) is 0 Å². The number of hydrogen-bond donors (Lipinski definition) is 1. The van der Waals surface area contributed by atoms with Gasteiger partial charge in [0.2, 0.25) is 0 Å². The number of amides is 1. The zero-order valence-corrected chi connectivity index (χ0v) is 16.8. The lowest BCUT2D eigenvalue weighted by Gasteiger charge is -2.18. The first-order valence-corrected chi connectivity index (χ1v) is 9.33. The molecular weight excluding hydrogens is 432 g/mol. The van der Waals surface area contributed by atoms with E-state index in [1.165, 1.54) is 7.11 Å². The molecule has 0 spiro atoms. The van der Waals surface area contributed by atoms with Gasteiger partial charge in [0.05, 0.1) is 25.1 Å². The zero-order valence-electron chi connectivity index (χ0n) is 14.4. The van der Waals surface area contributed by atoms with Crippen molar-refractivity contribution >= 4 is 50.3 Å². The monoisotopic (exact) mass is 446 g/mol. The van der Waals surface area contributed by atoms with E-state index in [4.69, 9.17) is 16.3 Å². The van der Waals surface area contributed by atoms with Crippen molar-refractivity contribution < 1.29 is 14.3 Å². The highest BCUT2D eigenvalue weighted by molar-refractivity contribution is 9.10. The van der Waals surface area contributed by atoms with E-state index >= 15 is 0 Å². The number of carbonyl (C=O) groups excluding carboxylic acids is 2. The summed E-state index contributed by atoms with van der Waals surface area (Å²) < 4.78 is 5.67. The van der Waals surface area contributed by atoms with Crippen molar-refractivity contribution in [2.45, 2.75) is 12.5 Å². The fraction of sp³-hybridized carbons (Fsp3) is 0.150. The van der Waals surface area contributed by atoms with Gasteiger partial charge in [-0.3, -0.25) is 9.59 Å². The molecule has 27 heavy (non-hydrogen) atoms. The van der Waals surface area contributed by atoms with Crippen LogP contribution in [0.2, 0.25) is 5.15 Å². The van der Waals surface area contributed by atoms with Gasteiger partial charge in [-0.1, -0.05) is 39.7 Å². The quantitative estimate of drug-likeness (QED) is 0.455. The molecule has 138 valence electrons. The van der Waals surface area contributed by atoms with E-state index in [2.05, 4.69) is 26.2 Å². The molecule has 1 N–H and O–H groups in total. The minimum atomic E-state index is -0.503. The molecule has 0 aliphatic heterocycles. The number of pyridine rings is 1. The zero-order chi connectivity index (χ0) is 19.4. The van der Waals surface area contributed by atoms with E-state index in [0.29, 0.717) is 16.2 Å². The topological polar surface area (TPSA) is 68.3 Å². The van der Waals surface area contributed by atoms with Crippen LogP contribution in [0, 0.1) is 0 Å². The predicted molar refractivity (Wildman–Crippen MR) is 108 cm³/mol. The highest BCUT2D eigenvalue weighted by Gasteiger charge is 2.20. The molecule has 1 heterocycles. The summed E-state index contributed by atoms with van der Waals surface area (Å²) in [6.07, 6.45) is 0.0363. The Labute approximate surface area is 169 Å². The predicted octanol–water partition coefficient (Wildman–Crippen LogP) is 4.68. The Morgan fingerprint density at radius 1 is 1.15 bits per heavy atom. The van der Waals surface area contributed by atoms with Crippen LogP contribution in [-0.2, 0) is 9.53 Å². The number of rotatable bonds is 5. The summed E-state index contributed by atoms with van der Waals surface area (Å²) in [6, 6.07) is 15.6. The Morgan fingerprint density at radius 3 is 2.59 bits per heavy atom. The molecule has 0 bridgehead atoms. The fourth-order valence-electron chi connectivity index (χ4n) is 2.68. The average Bonchev–Trinajstić information content (AvgIpc) is 2.67. The van der Waals surface area contributed by atoms with Gasteiger partial charge in [0.1, 0.15) is 5.15 Å². The molecule has 2 aromatic carbocycles. The van der Waals surface area contributed by atoms with Gasteiger partial charge in [0.25, 0.3) is 5.91 Å². The molecule has 0 fully saturated rings. The Hall–Kier alpha value is -2.44. The minimum absolute atomic E-state index is 0.0363. The van der Waals surface area contributed by atoms with E-state index in [0.717, 1.165) is 15.4 Å². The smallest absolute Gasteiger partial charge is 0.307 e. The van der Waals surface area contributed by atoms with Crippen molar-refractivity contribution in [2.75, 3.05) is 7.11 Å². The number of methoxy groups -OCH3 is 1. The number of ether oxygens (including phenoxy) is 1. The second kappa shape index (κ2) is 8.50. The number of hydrogen-bond acceptors (Lipinski definition) is 4. The number of benzene rings is 2. The first-order chi connectivity index (χ1) is 13.0. The molecule has 0 aliphatic carbocycles. The van der Waals surface area contributed by atoms with Gasteiger partial charge in [-0.05, 0) is 48.0 Å². The number of esters is 1. The Morgan fingerprint density at radius 2 is 1.89 bits per heavy atom. The van der Waals surface area contributed by atoms with Crippen LogP contribution in [0.15, 0.2) is 59.1 Å². The van der Waals surface area contributed by atoms with Crippen LogP contribution < -0.4 is 5.32 Å². The minimum Gasteiger partial charge on any atom is -0.469 e. The van der Waals surface area contributed by atoms with Crippen molar-refractivity contribution in [3.63, 3.8) is 0 Å². The van der Waals surface area contributed by atoms with Gasteiger partial charge < -0.3 is 10.1 Å². The molecule has 0 saturated heterocycles. The second-order valence-corrected chi connectivity index (χ2v) is 7.20. The molecule has 0 saturated carbocycles.